The first-order valence-corrected chi connectivity index (χ1v) is 7.58. The molecule has 0 aromatic heterocycles. The Morgan fingerprint density at radius 3 is 2.25 bits per heavy atom. The highest BCUT2D eigenvalue weighted by Crippen LogP contribution is 2.11. The van der Waals surface area contributed by atoms with Gasteiger partial charge in [0, 0.05) is 24.8 Å². The largest absolute Gasteiger partial charge is 0.497 e. The summed E-state index contributed by atoms with van der Waals surface area (Å²) in [6, 6.07) is 14.5. The number of carbonyl (C=O) groups excluding carboxylic acids is 2. The van der Waals surface area contributed by atoms with Crippen LogP contribution in [-0.2, 0) is 11.3 Å². The smallest absolute Gasteiger partial charge is 0.251 e. The van der Waals surface area contributed by atoms with Gasteiger partial charge < -0.3 is 20.7 Å². The van der Waals surface area contributed by atoms with E-state index in [0.717, 1.165) is 17.0 Å². The SMILES string of the molecule is CNC(=O)c1ccc(NCC(=O)NCc2ccc(OC)cc2)cc1. The maximum absolute atomic E-state index is 11.9. The van der Waals surface area contributed by atoms with Gasteiger partial charge in [0.05, 0.1) is 13.7 Å². The quantitative estimate of drug-likeness (QED) is 0.724. The van der Waals surface area contributed by atoms with E-state index in [2.05, 4.69) is 16.0 Å². The summed E-state index contributed by atoms with van der Waals surface area (Å²) in [5.74, 6) is 0.534. The number of ether oxygens (including phenoxy) is 1. The maximum atomic E-state index is 11.9. The molecule has 0 bridgehead atoms. The zero-order chi connectivity index (χ0) is 17.4. The summed E-state index contributed by atoms with van der Waals surface area (Å²) < 4.78 is 5.09. The van der Waals surface area contributed by atoms with Crippen LogP contribution >= 0.6 is 0 Å². The molecule has 0 spiro atoms. The summed E-state index contributed by atoms with van der Waals surface area (Å²) in [4.78, 5) is 23.3. The van der Waals surface area contributed by atoms with Gasteiger partial charge >= 0.3 is 0 Å². The van der Waals surface area contributed by atoms with Crippen molar-refractivity contribution in [1.82, 2.24) is 10.6 Å². The van der Waals surface area contributed by atoms with Gasteiger partial charge in [0.1, 0.15) is 5.75 Å². The van der Waals surface area contributed by atoms with E-state index >= 15 is 0 Å². The molecule has 2 amide bonds. The molecular formula is C18H21N3O3. The first-order valence-electron chi connectivity index (χ1n) is 7.58. The molecule has 2 aromatic rings. The van der Waals surface area contributed by atoms with Crippen LogP contribution in [0.2, 0.25) is 0 Å². The molecule has 126 valence electrons. The number of benzene rings is 2. The van der Waals surface area contributed by atoms with Gasteiger partial charge in [0.25, 0.3) is 5.91 Å². The monoisotopic (exact) mass is 327 g/mol. The normalized spacial score (nSPS) is 9.92. The van der Waals surface area contributed by atoms with E-state index in [4.69, 9.17) is 4.74 Å². The molecule has 0 saturated carbocycles. The maximum Gasteiger partial charge on any atom is 0.251 e. The van der Waals surface area contributed by atoms with Crippen LogP contribution < -0.4 is 20.7 Å². The highest BCUT2D eigenvalue weighted by Gasteiger charge is 2.04. The second kappa shape index (κ2) is 8.57. The second-order valence-electron chi connectivity index (χ2n) is 5.13. The molecule has 0 aliphatic carbocycles. The zero-order valence-corrected chi connectivity index (χ0v) is 13.8. The molecule has 0 unspecified atom stereocenters. The third kappa shape index (κ3) is 5.01. The number of hydrogen-bond acceptors (Lipinski definition) is 4. The van der Waals surface area contributed by atoms with E-state index in [1.807, 2.05) is 24.3 Å². The lowest BCUT2D eigenvalue weighted by atomic mass is 10.2. The Kier molecular flexibility index (Phi) is 6.19. The van der Waals surface area contributed by atoms with Crippen molar-refractivity contribution in [3.63, 3.8) is 0 Å². The molecule has 2 rings (SSSR count). The van der Waals surface area contributed by atoms with Crippen molar-refractivity contribution in [2.75, 3.05) is 26.0 Å². The third-order valence-corrected chi connectivity index (χ3v) is 3.48. The number of amides is 2. The molecule has 0 saturated heterocycles. The number of rotatable bonds is 7. The van der Waals surface area contributed by atoms with Gasteiger partial charge in [-0.1, -0.05) is 12.1 Å². The minimum atomic E-state index is -0.140. The standard InChI is InChI=1S/C18H21N3O3/c1-19-18(23)14-5-7-15(8-6-14)20-12-17(22)21-11-13-3-9-16(24-2)10-4-13/h3-10,20H,11-12H2,1-2H3,(H,19,23)(H,21,22). The van der Waals surface area contributed by atoms with Crippen LogP contribution in [0.1, 0.15) is 15.9 Å². The molecule has 24 heavy (non-hydrogen) atoms. The first kappa shape index (κ1) is 17.3. The molecular weight excluding hydrogens is 306 g/mol. The van der Waals surface area contributed by atoms with Gasteiger partial charge in [-0.2, -0.15) is 0 Å². The average Bonchev–Trinajstić information content (AvgIpc) is 2.64. The lowest BCUT2D eigenvalue weighted by Crippen LogP contribution is -2.29. The van der Waals surface area contributed by atoms with Crippen molar-refractivity contribution in [2.24, 2.45) is 0 Å². The van der Waals surface area contributed by atoms with Crippen molar-refractivity contribution in [3.05, 3.63) is 59.7 Å². The molecule has 6 nitrogen and oxygen atoms in total. The molecule has 0 radical (unpaired) electrons. The fourth-order valence-corrected chi connectivity index (χ4v) is 2.07. The number of carbonyl (C=O) groups is 2. The predicted molar refractivity (Wildman–Crippen MR) is 93.2 cm³/mol. The van der Waals surface area contributed by atoms with Crippen LogP contribution in [0.15, 0.2) is 48.5 Å². The van der Waals surface area contributed by atoms with Crippen LogP contribution in [0.5, 0.6) is 5.75 Å². The Labute approximate surface area is 141 Å². The summed E-state index contributed by atoms with van der Waals surface area (Å²) in [5, 5.41) is 8.42. The summed E-state index contributed by atoms with van der Waals surface area (Å²) >= 11 is 0. The molecule has 0 aliphatic heterocycles. The number of methoxy groups -OCH3 is 1. The van der Waals surface area contributed by atoms with Crippen molar-refractivity contribution >= 4 is 17.5 Å². The fourth-order valence-electron chi connectivity index (χ4n) is 2.07. The Bertz CT molecular complexity index is 682. The molecule has 3 N–H and O–H groups in total. The Morgan fingerprint density at radius 2 is 1.67 bits per heavy atom. The number of hydrogen-bond donors (Lipinski definition) is 3. The van der Waals surface area contributed by atoms with Gasteiger partial charge in [0.15, 0.2) is 0 Å². The van der Waals surface area contributed by atoms with Gasteiger partial charge in [-0.05, 0) is 42.0 Å². The van der Waals surface area contributed by atoms with E-state index < -0.39 is 0 Å². The summed E-state index contributed by atoms with van der Waals surface area (Å²) in [6.45, 7) is 0.621. The van der Waals surface area contributed by atoms with Crippen molar-refractivity contribution in [2.45, 2.75) is 6.54 Å². The Balaban J connectivity index is 1.77. The number of anilines is 1. The Hall–Kier alpha value is -3.02. The van der Waals surface area contributed by atoms with Gasteiger partial charge in [0.2, 0.25) is 5.91 Å². The third-order valence-electron chi connectivity index (χ3n) is 3.48. The summed E-state index contributed by atoms with van der Waals surface area (Å²) in [6.07, 6.45) is 0. The van der Waals surface area contributed by atoms with Crippen molar-refractivity contribution in [1.29, 1.82) is 0 Å². The summed E-state index contributed by atoms with van der Waals surface area (Å²) in [5.41, 5.74) is 2.35. The van der Waals surface area contributed by atoms with Crippen LogP contribution in [0.4, 0.5) is 5.69 Å². The van der Waals surface area contributed by atoms with Gasteiger partial charge in [-0.25, -0.2) is 0 Å². The molecule has 6 heteroatoms. The van der Waals surface area contributed by atoms with E-state index in [-0.39, 0.29) is 18.4 Å². The summed E-state index contributed by atoms with van der Waals surface area (Å²) in [7, 11) is 3.20. The topological polar surface area (TPSA) is 79.5 Å². The van der Waals surface area contributed by atoms with E-state index in [9.17, 15) is 9.59 Å². The lowest BCUT2D eigenvalue weighted by Gasteiger charge is -2.09. The van der Waals surface area contributed by atoms with Gasteiger partial charge in [-0.15, -0.1) is 0 Å². The molecule has 0 atom stereocenters. The van der Waals surface area contributed by atoms with Crippen LogP contribution in [0.3, 0.4) is 0 Å². The highest BCUT2D eigenvalue weighted by molar-refractivity contribution is 5.94. The van der Waals surface area contributed by atoms with Crippen LogP contribution in [0, 0.1) is 0 Å². The fraction of sp³-hybridized carbons (Fsp3) is 0.222. The lowest BCUT2D eigenvalue weighted by molar-refractivity contribution is -0.119. The average molecular weight is 327 g/mol. The highest BCUT2D eigenvalue weighted by atomic mass is 16.5. The van der Waals surface area contributed by atoms with Crippen LogP contribution in [-0.4, -0.2) is 32.5 Å². The van der Waals surface area contributed by atoms with Crippen LogP contribution in [0.25, 0.3) is 0 Å². The number of nitrogens with one attached hydrogen (secondary N) is 3. The van der Waals surface area contributed by atoms with Crippen molar-refractivity contribution < 1.29 is 14.3 Å². The van der Waals surface area contributed by atoms with E-state index in [1.54, 1.807) is 38.4 Å². The van der Waals surface area contributed by atoms with Crippen molar-refractivity contribution in [3.8, 4) is 5.75 Å². The molecule has 2 aromatic carbocycles. The Morgan fingerprint density at radius 1 is 1.00 bits per heavy atom. The minimum Gasteiger partial charge on any atom is -0.497 e. The molecule has 0 heterocycles. The van der Waals surface area contributed by atoms with E-state index in [0.29, 0.717) is 12.1 Å². The first-order chi connectivity index (χ1) is 11.6. The second-order valence-corrected chi connectivity index (χ2v) is 5.13. The molecule has 0 aliphatic rings. The van der Waals surface area contributed by atoms with E-state index in [1.165, 1.54) is 0 Å². The zero-order valence-electron chi connectivity index (χ0n) is 13.8. The van der Waals surface area contributed by atoms with Gasteiger partial charge in [-0.3, -0.25) is 9.59 Å². The molecule has 0 fully saturated rings. The predicted octanol–water partition coefficient (Wildman–Crippen LogP) is 1.78. The minimum absolute atomic E-state index is 0.110.